The van der Waals surface area contributed by atoms with Crippen LogP contribution in [0.25, 0.3) is 65.4 Å². The summed E-state index contributed by atoms with van der Waals surface area (Å²) in [5, 5.41) is 9.95. The van der Waals surface area contributed by atoms with Crippen molar-refractivity contribution in [2.24, 2.45) is 0 Å². The Morgan fingerprint density at radius 3 is 1.35 bits per heavy atom. The minimum atomic E-state index is 0.725. The first-order valence-electron chi connectivity index (χ1n) is 17.8. The smallest absolute Gasteiger partial charge is 0.0730 e. The Hall–Kier alpha value is -6.71. The van der Waals surface area contributed by atoms with Crippen LogP contribution in [-0.4, -0.2) is 36.1 Å². The van der Waals surface area contributed by atoms with Gasteiger partial charge in [0.05, 0.1) is 33.1 Å². The zero-order valence-corrected chi connectivity index (χ0v) is 31.3. The Balaban J connectivity index is 0.000000126. The monoisotopic (exact) mass is 711 g/mol. The number of nitrogens with two attached hydrogens (primary N) is 4. The van der Waals surface area contributed by atoms with E-state index < -0.39 is 0 Å². The number of benzene rings is 6. The molecule has 9 rings (SSSR count). The van der Waals surface area contributed by atoms with E-state index in [-0.39, 0.29) is 0 Å². The van der Waals surface area contributed by atoms with Crippen molar-refractivity contribution >= 4 is 93.9 Å². The van der Waals surface area contributed by atoms with Crippen LogP contribution in [0.2, 0.25) is 0 Å². The molecule has 270 valence electrons. The van der Waals surface area contributed by atoms with Gasteiger partial charge in [0, 0.05) is 81.4 Å². The predicted molar refractivity (Wildman–Crippen MR) is 232 cm³/mol. The van der Waals surface area contributed by atoms with Crippen LogP contribution in [-0.2, 0) is 6.54 Å². The van der Waals surface area contributed by atoms with E-state index in [1.807, 2.05) is 83.5 Å². The van der Waals surface area contributed by atoms with Crippen molar-refractivity contribution in [1.82, 2.24) is 20.3 Å². The third-order valence-electron chi connectivity index (χ3n) is 9.60. The van der Waals surface area contributed by atoms with Crippen LogP contribution in [0.4, 0.5) is 28.4 Å². The number of aromatic nitrogens is 3. The van der Waals surface area contributed by atoms with Crippen molar-refractivity contribution in [1.29, 1.82) is 0 Å². The number of nitrogens with zero attached hydrogens (tertiary/aromatic N) is 4. The van der Waals surface area contributed by atoms with Gasteiger partial charge in [0.25, 0.3) is 0 Å². The topological polar surface area (TPSA) is 158 Å². The predicted octanol–water partition coefficient (Wildman–Crippen LogP) is 8.90. The standard InChI is InChI=1S/C17H19N3.C15H15N3.C13H11N3/c1-18-11-12-4-5-13-9-14-6-7-15(20(2)3)10-17(14)19-16(13)8-12;1-8-3-10-5-11-4-9(2)13(17)7-15(11)18-14(10)6-12(8)16;14-10-3-1-8-5-9-2-4-11(15)7-13(9)16-12(8)6-10/h4-10,18H,11H2,1-3H3;3-7H,16-17H2,1-2H3;1-7H,14-15H2. The SMILES string of the molecule is CNCc1ccc2cc3ccc(N(C)C)cc3nc2c1.Cc1cc2cc3cc(C)c(N)cc3nc2cc1N.Nc1ccc2cc3ccc(N)cc3nc2c1. The van der Waals surface area contributed by atoms with Crippen molar-refractivity contribution < 1.29 is 0 Å². The van der Waals surface area contributed by atoms with Crippen molar-refractivity contribution in [2.75, 3.05) is 49.0 Å². The molecule has 0 amide bonds. The number of nitrogen functional groups attached to an aromatic ring is 4. The number of rotatable bonds is 3. The molecule has 0 aliphatic heterocycles. The molecule has 9 nitrogen and oxygen atoms in total. The van der Waals surface area contributed by atoms with Crippen molar-refractivity contribution in [3.63, 3.8) is 0 Å². The van der Waals surface area contributed by atoms with E-state index in [2.05, 4.69) is 86.9 Å². The van der Waals surface area contributed by atoms with Gasteiger partial charge in [0.1, 0.15) is 0 Å². The Bertz CT molecular complexity index is 2660. The van der Waals surface area contributed by atoms with Crippen molar-refractivity contribution in [3.8, 4) is 0 Å². The maximum Gasteiger partial charge on any atom is 0.0730 e. The lowest BCUT2D eigenvalue weighted by Gasteiger charge is -2.13. The van der Waals surface area contributed by atoms with E-state index in [0.717, 1.165) is 95.1 Å². The number of aryl methyl sites for hydroxylation is 2. The average Bonchev–Trinajstić information content (AvgIpc) is 3.14. The first-order valence-corrected chi connectivity index (χ1v) is 17.8. The molecular weight excluding hydrogens is 667 g/mol. The normalized spacial score (nSPS) is 11.1. The fraction of sp³-hybridized carbons (Fsp3) is 0.133. The Labute approximate surface area is 314 Å². The van der Waals surface area contributed by atoms with Crippen molar-refractivity contribution in [3.05, 3.63) is 132 Å². The minimum Gasteiger partial charge on any atom is -0.399 e. The van der Waals surface area contributed by atoms with Crippen LogP contribution < -0.4 is 33.2 Å². The average molecular weight is 712 g/mol. The highest BCUT2D eigenvalue weighted by molar-refractivity contribution is 5.97. The van der Waals surface area contributed by atoms with Crippen LogP contribution in [0.1, 0.15) is 16.7 Å². The molecular formula is C45H45N9. The lowest BCUT2D eigenvalue weighted by molar-refractivity contribution is 0.819. The van der Waals surface area contributed by atoms with Gasteiger partial charge < -0.3 is 33.2 Å². The molecule has 9 aromatic rings. The third kappa shape index (κ3) is 7.58. The molecule has 9 N–H and O–H groups in total. The molecule has 0 saturated carbocycles. The number of fused-ring (bicyclic) bond motifs is 6. The number of anilines is 5. The fourth-order valence-electron chi connectivity index (χ4n) is 6.50. The van der Waals surface area contributed by atoms with Gasteiger partial charge in [-0.1, -0.05) is 30.3 Å². The molecule has 9 heteroatoms. The second-order valence-electron chi connectivity index (χ2n) is 14.0. The Morgan fingerprint density at radius 2 is 0.870 bits per heavy atom. The van der Waals surface area contributed by atoms with Crippen LogP contribution in [0.15, 0.2) is 115 Å². The van der Waals surface area contributed by atoms with Gasteiger partial charge in [-0.05, 0) is 123 Å². The highest BCUT2D eigenvalue weighted by Crippen LogP contribution is 2.28. The van der Waals surface area contributed by atoms with Gasteiger partial charge in [0.2, 0.25) is 0 Å². The van der Waals surface area contributed by atoms with Gasteiger partial charge in [-0.2, -0.15) is 0 Å². The lowest BCUT2D eigenvalue weighted by atomic mass is 10.1. The summed E-state index contributed by atoms with van der Waals surface area (Å²) in [5.74, 6) is 0. The molecule has 3 heterocycles. The summed E-state index contributed by atoms with van der Waals surface area (Å²) in [7, 11) is 6.06. The maximum atomic E-state index is 5.92. The van der Waals surface area contributed by atoms with Crippen LogP contribution in [0.5, 0.6) is 0 Å². The molecule has 0 bridgehead atoms. The molecule has 0 saturated heterocycles. The second-order valence-corrected chi connectivity index (χ2v) is 14.0. The number of pyridine rings is 3. The molecule has 54 heavy (non-hydrogen) atoms. The summed E-state index contributed by atoms with van der Waals surface area (Å²) in [6.45, 7) is 4.88. The number of hydrogen-bond donors (Lipinski definition) is 5. The van der Waals surface area contributed by atoms with Gasteiger partial charge >= 0.3 is 0 Å². The van der Waals surface area contributed by atoms with E-state index >= 15 is 0 Å². The molecule has 0 aliphatic carbocycles. The van der Waals surface area contributed by atoms with E-state index in [1.165, 1.54) is 22.0 Å². The van der Waals surface area contributed by atoms with E-state index in [4.69, 9.17) is 27.9 Å². The summed E-state index contributed by atoms with van der Waals surface area (Å²) in [5.41, 5.74) is 36.6. The molecule has 6 aromatic carbocycles. The largest absolute Gasteiger partial charge is 0.399 e. The summed E-state index contributed by atoms with van der Waals surface area (Å²) >= 11 is 0. The quantitative estimate of drug-likeness (QED) is 0.0891. The van der Waals surface area contributed by atoms with E-state index in [1.54, 1.807) is 0 Å². The van der Waals surface area contributed by atoms with Gasteiger partial charge in [-0.25, -0.2) is 15.0 Å². The van der Waals surface area contributed by atoms with Gasteiger partial charge in [-0.3, -0.25) is 0 Å². The molecule has 0 atom stereocenters. The zero-order chi connectivity index (χ0) is 38.1. The van der Waals surface area contributed by atoms with Gasteiger partial charge in [0.15, 0.2) is 0 Å². The van der Waals surface area contributed by atoms with E-state index in [0.29, 0.717) is 0 Å². The van der Waals surface area contributed by atoms with Crippen molar-refractivity contribution in [2.45, 2.75) is 20.4 Å². The van der Waals surface area contributed by atoms with Gasteiger partial charge in [-0.15, -0.1) is 0 Å². The Morgan fingerprint density at radius 1 is 0.463 bits per heavy atom. The first kappa shape index (κ1) is 35.7. The minimum absolute atomic E-state index is 0.725. The van der Waals surface area contributed by atoms with E-state index in [9.17, 15) is 0 Å². The second kappa shape index (κ2) is 14.7. The molecule has 3 aromatic heterocycles. The number of hydrogen-bond acceptors (Lipinski definition) is 9. The van der Waals surface area contributed by atoms with Crippen LogP contribution in [0.3, 0.4) is 0 Å². The molecule has 0 spiro atoms. The molecule has 0 aliphatic rings. The molecule has 0 unspecified atom stereocenters. The highest BCUT2D eigenvalue weighted by Gasteiger charge is 2.06. The third-order valence-corrected chi connectivity index (χ3v) is 9.60. The summed E-state index contributed by atoms with van der Waals surface area (Å²) in [6.07, 6.45) is 0. The molecule has 0 radical (unpaired) electrons. The molecule has 0 fully saturated rings. The first-order chi connectivity index (χ1) is 25.9. The number of nitrogens with one attached hydrogen (secondary N) is 1. The summed E-state index contributed by atoms with van der Waals surface area (Å²) in [6, 6.07) is 38.8. The summed E-state index contributed by atoms with van der Waals surface area (Å²) < 4.78 is 0. The van der Waals surface area contributed by atoms with Crippen LogP contribution >= 0.6 is 0 Å². The fourth-order valence-corrected chi connectivity index (χ4v) is 6.50. The summed E-state index contributed by atoms with van der Waals surface area (Å²) in [4.78, 5) is 16.1. The Kier molecular flexibility index (Phi) is 9.73. The highest BCUT2D eigenvalue weighted by atomic mass is 15.1. The van der Waals surface area contributed by atoms with Crippen LogP contribution in [0, 0.1) is 13.8 Å². The maximum absolute atomic E-state index is 5.92. The lowest BCUT2D eigenvalue weighted by Crippen LogP contribution is -2.08. The zero-order valence-electron chi connectivity index (χ0n) is 31.3.